The molecule has 0 aliphatic carbocycles. The molecule has 0 amide bonds. The quantitative estimate of drug-likeness (QED) is 0.802. The molecule has 0 unspecified atom stereocenters. The summed E-state index contributed by atoms with van der Waals surface area (Å²) in [4.78, 5) is 26.3. The average molecular weight is 319 g/mol. The Morgan fingerprint density at radius 2 is 2.04 bits per heavy atom. The van der Waals surface area contributed by atoms with Gasteiger partial charge in [0.2, 0.25) is 0 Å². The van der Waals surface area contributed by atoms with Gasteiger partial charge < -0.3 is 9.15 Å². The first kappa shape index (κ1) is 16.2. The summed E-state index contributed by atoms with van der Waals surface area (Å²) in [5.74, 6) is 0.379. The van der Waals surface area contributed by atoms with Gasteiger partial charge in [-0.1, -0.05) is 6.42 Å². The number of hydrogen-bond donors (Lipinski definition) is 0. The second-order valence-electron chi connectivity index (χ2n) is 6.78. The van der Waals surface area contributed by atoms with Gasteiger partial charge in [0, 0.05) is 18.0 Å². The monoisotopic (exact) mass is 319 g/mol. The molecule has 2 aliphatic rings. The van der Waals surface area contributed by atoms with Crippen molar-refractivity contribution in [3.63, 3.8) is 0 Å². The molecule has 23 heavy (non-hydrogen) atoms. The summed E-state index contributed by atoms with van der Waals surface area (Å²) in [6.07, 6.45) is 6.06. The van der Waals surface area contributed by atoms with E-state index in [2.05, 4.69) is 4.90 Å². The maximum Gasteiger partial charge on any atom is 0.341 e. The van der Waals surface area contributed by atoms with Crippen LogP contribution in [-0.4, -0.2) is 36.6 Å². The number of carbonyl (C=O) groups is 1. The van der Waals surface area contributed by atoms with Gasteiger partial charge in [0.1, 0.15) is 11.3 Å². The van der Waals surface area contributed by atoms with Gasteiger partial charge in [-0.05, 0) is 58.2 Å². The van der Waals surface area contributed by atoms with Gasteiger partial charge >= 0.3 is 11.6 Å². The van der Waals surface area contributed by atoms with E-state index in [1.165, 1.54) is 44.8 Å². The van der Waals surface area contributed by atoms with Crippen molar-refractivity contribution >= 4 is 5.97 Å². The van der Waals surface area contributed by atoms with E-state index < -0.39 is 5.63 Å². The van der Waals surface area contributed by atoms with Gasteiger partial charge in [0.25, 0.3) is 0 Å². The Morgan fingerprint density at radius 3 is 2.83 bits per heavy atom. The number of carbonyl (C=O) groups excluding carboxylic acids is 1. The largest absolute Gasteiger partial charge is 0.462 e. The molecule has 0 aromatic carbocycles. The summed E-state index contributed by atoms with van der Waals surface area (Å²) in [5.41, 5.74) is 0.578. The van der Waals surface area contributed by atoms with Crippen LogP contribution in [0.2, 0.25) is 0 Å². The first-order chi connectivity index (χ1) is 11.1. The van der Waals surface area contributed by atoms with Crippen LogP contribution in [0.5, 0.6) is 0 Å². The van der Waals surface area contributed by atoms with Crippen molar-refractivity contribution in [3.05, 3.63) is 33.4 Å². The zero-order valence-corrected chi connectivity index (χ0v) is 14.0. The van der Waals surface area contributed by atoms with Crippen molar-refractivity contribution < 1.29 is 13.9 Å². The minimum Gasteiger partial charge on any atom is -0.462 e. The molecule has 2 atom stereocenters. The van der Waals surface area contributed by atoms with E-state index in [1.807, 2.05) is 0 Å². The fourth-order valence-electron chi connectivity index (χ4n) is 4.09. The molecule has 0 spiro atoms. The molecule has 1 aromatic heterocycles. The first-order valence-corrected chi connectivity index (χ1v) is 8.59. The van der Waals surface area contributed by atoms with Gasteiger partial charge in [-0.15, -0.1) is 0 Å². The molecular weight excluding hydrogens is 294 g/mol. The minimum absolute atomic E-state index is 0.336. The van der Waals surface area contributed by atoms with Crippen LogP contribution in [0.3, 0.4) is 0 Å². The van der Waals surface area contributed by atoms with Crippen LogP contribution in [0, 0.1) is 19.8 Å². The van der Waals surface area contributed by atoms with Gasteiger partial charge in [-0.25, -0.2) is 9.59 Å². The lowest BCUT2D eigenvalue weighted by Gasteiger charge is -2.44. The number of hydrogen-bond acceptors (Lipinski definition) is 5. The van der Waals surface area contributed by atoms with Crippen LogP contribution >= 0.6 is 0 Å². The Labute approximate surface area is 136 Å². The number of piperidine rings is 2. The molecule has 3 rings (SSSR count). The van der Waals surface area contributed by atoms with Crippen LogP contribution in [0.15, 0.2) is 15.3 Å². The predicted octanol–water partition coefficient (Wildman–Crippen LogP) is 2.68. The number of rotatable bonds is 3. The SMILES string of the molecule is Cc1cc(=O)oc(C)c1C(=O)OC[C@@H]1CCCN2CCCC[C@H]12. The highest BCUT2D eigenvalue weighted by atomic mass is 16.5. The molecule has 0 saturated carbocycles. The molecule has 3 heterocycles. The lowest BCUT2D eigenvalue weighted by Crippen LogP contribution is -2.49. The number of fused-ring (bicyclic) bond motifs is 1. The topological polar surface area (TPSA) is 59.8 Å². The number of esters is 1. The Balaban J connectivity index is 1.66. The Bertz CT molecular complexity index is 608. The summed E-state index contributed by atoms with van der Waals surface area (Å²) in [6, 6.07) is 1.90. The van der Waals surface area contributed by atoms with Gasteiger partial charge in [-0.3, -0.25) is 4.90 Å². The molecule has 2 fully saturated rings. The summed E-state index contributed by atoms with van der Waals surface area (Å²) >= 11 is 0. The molecule has 0 bridgehead atoms. The highest BCUT2D eigenvalue weighted by molar-refractivity contribution is 5.91. The van der Waals surface area contributed by atoms with E-state index in [0.29, 0.717) is 35.5 Å². The maximum atomic E-state index is 12.4. The summed E-state index contributed by atoms with van der Waals surface area (Å²) in [6.45, 7) is 6.19. The molecular formula is C18H25NO4. The molecule has 0 N–H and O–H groups in total. The Hall–Kier alpha value is -1.62. The van der Waals surface area contributed by atoms with Crippen LogP contribution in [0.1, 0.15) is 53.8 Å². The van der Waals surface area contributed by atoms with Crippen LogP contribution < -0.4 is 5.63 Å². The molecule has 5 heteroatoms. The number of ether oxygens (including phenoxy) is 1. The van der Waals surface area contributed by atoms with E-state index in [0.717, 1.165) is 6.42 Å². The van der Waals surface area contributed by atoms with Gasteiger partial charge in [0.05, 0.1) is 6.61 Å². The van der Waals surface area contributed by atoms with E-state index >= 15 is 0 Å². The van der Waals surface area contributed by atoms with Crippen molar-refractivity contribution in [2.45, 2.75) is 52.0 Å². The fourth-order valence-corrected chi connectivity index (χ4v) is 4.09. The average Bonchev–Trinajstić information content (AvgIpc) is 2.52. The summed E-state index contributed by atoms with van der Waals surface area (Å²) in [7, 11) is 0. The zero-order valence-electron chi connectivity index (χ0n) is 14.0. The predicted molar refractivity (Wildman–Crippen MR) is 86.7 cm³/mol. The van der Waals surface area contributed by atoms with Crippen molar-refractivity contribution in [3.8, 4) is 0 Å². The standard InChI is InChI=1S/C18H25NO4/c1-12-10-16(20)23-13(2)17(12)18(21)22-11-14-6-5-9-19-8-4-3-7-15(14)19/h10,14-15H,3-9,11H2,1-2H3/t14-,15+/m0/s1. The summed E-state index contributed by atoms with van der Waals surface area (Å²) in [5, 5.41) is 0. The fraction of sp³-hybridized carbons (Fsp3) is 0.667. The lowest BCUT2D eigenvalue weighted by molar-refractivity contribution is 0.00711. The molecule has 126 valence electrons. The zero-order chi connectivity index (χ0) is 16.4. The van der Waals surface area contributed by atoms with E-state index in [1.54, 1.807) is 13.8 Å². The number of nitrogens with zero attached hydrogens (tertiary/aromatic N) is 1. The van der Waals surface area contributed by atoms with E-state index in [-0.39, 0.29) is 5.97 Å². The van der Waals surface area contributed by atoms with E-state index in [9.17, 15) is 9.59 Å². The van der Waals surface area contributed by atoms with Gasteiger partial charge in [-0.2, -0.15) is 0 Å². The second-order valence-corrected chi connectivity index (χ2v) is 6.78. The van der Waals surface area contributed by atoms with Crippen LogP contribution in [-0.2, 0) is 4.74 Å². The third-order valence-corrected chi connectivity index (χ3v) is 5.20. The smallest absolute Gasteiger partial charge is 0.341 e. The number of aryl methyl sites for hydroxylation is 2. The van der Waals surface area contributed by atoms with Gasteiger partial charge in [0.15, 0.2) is 0 Å². The van der Waals surface area contributed by atoms with Crippen LogP contribution in [0.25, 0.3) is 0 Å². The van der Waals surface area contributed by atoms with Crippen molar-refractivity contribution in [1.29, 1.82) is 0 Å². The highest BCUT2D eigenvalue weighted by Gasteiger charge is 2.33. The van der Waals surface area contributed by atoms with Crippen molar-refractivity contribution in [1.82, 2.24) is 4.90 Å². The third-order valence-electron chi connectivity index (χ3n) is 5.20. The molecule has 2 saturated heterocycles. The molecule has 0 radical (unpaired) electrons. The minimum atomic E-state index is -0.429. The Morgan fingerprint density at radius 1 is 1.26 bits per heavy atom. The lowest BCUT2D eigenvalue weighted by atomic mass is 9.84. The summed E-state index contributed by atoms with van der Waals surface area (Å²) < 4.78 is 10.6. The molecule has 2 aliphatic heterocycles. The first-order valence-electron chi connectivity index (χ1n) is 8.59. The van der Waals surface area contributed by atoms with Crippen molar-refractivity contribution in [2.75, 3.05) is 19.7 Å². The molecule has 5 nitrogen and oxygen atoms in total. The highest BCUT2D eigenvalue weighted by Crippen LogP contribution is 2.31. The molecule has 1 aromatic rings. The third kappa shape index (κ3) is 3.50. The maximum absolute atomic E-state index is 12.4. The second kappa shape index (κ2) is 6.87. The normalized spacial score (nSPS) is 25.0. The van der Waals surface area contributed by atoms with E-state index in [4.69, 9.17) is 9.15 Å². The van der Waals surface area contributed by atoms with Crippen molar-refractivity contribution in [2.24, 2.45) is 5.92 Å². The Kier molecular flexibility index (Phi) is 4.85. The van der Waals surface area contributed by atoms with Crippen LogP contribution in [0.4, 0.5) is 0 Å².